The van der Waals surface area contributed by atoms with Crippen LogP contribution in [-0.2, 0) is 25.8 Å². The molecule has 0 N–H and O–H groups in total. The Kier molecular flexibility index (Phi) is 7.99. The maximum Gasteiger partial charge on any atom is 2.00 e. The molecule has 5 nitrogen and oxygen atoms in total. The molecule has 3 heterocycles. The molecule has 7 rings (SSSR count). The standard InChI is InChI=1S/C39H34N4O.Pd/c1-25-19-20-40-37(21-25)42-35-16-8-7-15-33(35)34-18-17-32(24-36(34)42)44-31-14-10-13-30(23-31)43-27(3)38(26(2)41-43)28-11-9-12-29(22-28)39(4,5)6;/h7-22H,1-6H3;/q-2;+2. The number of hydrogen-bond acceptors (Lipinski definition) is 3. The van der Waals surface area contributed by atoms with Crippen molar-refractivity contribution in [1.82, 2.24) is 19.3 Å². The fraction of sp³-hybridized carbons (Fsp3) is 0.179. The topological polar surface area (TPSA) is 44.9 Å². The van der Waals surface area contributed by atoms with Gasteiger partial charge in [0.05, 0.1) is 5.69 Å². The number of fused-ring (bicyclic) bond motifs is 3. The maximum atomic E-state index is 6.39. The molecule has 0 unspecified atom stereocenters. The summed E-state index contributed by atoms with van der Waals surface area (Å²) < 4.78 is 10.5. The van der Waals surface area contributed by atoms with Gasteiger partial charge in [-0.05, 0) is 72.1 Å². The van der Waals surface area contributed by atoms with Crippen molar-refractivity contribution in [3.05, 3.63) is 132 Å². The molecular weight excluding hydrogens is 647 g/mol. The van der Waals surface area contributed by atoms with Crippen molar-refractivity contribution in [3.8, 4) is 34.1 Å². The molecule has 226 valence electrons. The van der Waals surface area contributed by atoms with Crippen LogP contribution in [0.4, 0.5) is 0 Å². The monoisotopic (exact) mass is 680 g/mol. The Bertz CT molecular complexity index is 2180. The number of aromatic nitrogens is 4. The van der Waals surface area contributed by atoms with Crippen LogP contribution in [0.15, 0.2) is 97.2 Å². The molecular formula is C39H34N4OPd. The molecule has 0 aliphatic heterocycles. The molecule has 0 aliphatic carbocycles. The van der Waals surface area contributed by atoms with E-state index in [0.29, 0.717) is 11.5 Å². The Morgan fingerprint density at radius 2 is 1.53 bits per heavy atom. The SMILES string of the molecule is Cc1ccnc(-n2c3[c-]c(Oc4[c-]c(-n5nc(C)c(-c6cccc(C(C)(C)C)c6)c5C)ccc4)ccc3c3ccccc32)c1.[Pd+2]. The number of pyridine rings is 1. The largest absolute Gasteiger partial charge is 2.00 e. The summed E-state index contributed by atoms with van der Waals surface area (Å²) in [5.74, 6) is 2.06. The minimum atomic E-state index is 0. The molecule has 0 saturated heterocycles. The number of hydrogen-bond donors (Lipinski definition) is 0. The smallest absolute Gasteiger partial charge is 0.509 e. The van der Waals surface area contributed by atoms with E-state index < -0.39 is 0 Å². The number of benzene rings is 4. The second-order valence-corrected chi connectivity index (χ2v) is 12.4. The summed E-state index contributed by atoms with van der Waals surface area (Å²) in [6.07, 6.45) is 1.85. The first-order chi connectivity index (χ1) is 21.2. The van der Waals surface area contributed by atoms with Crippen LogP contribution in [0.2, 0.25) is 0 Å². The van der Waals surface area contributed by atoms with Crippen LogP contribution in [0.25, 0.3) is 44.4 Å². The van der Waals surface area contributed by atoms with Crippen molar-refractivity contribution >= 4 is 21.8 Å². The molecule has 0 aliphatic rings. The van der Waals surface area contributed by atoms with Gasteiger partial charge in [-0.15, -0.1) is 35.7 Å². The van der Waals surface area contributed by atoms with Crippen molar-refractivity contribution in [2.75, 3.05) is 0 Å². The molecule has 0 atom stereocenters. The number of nitrogens with zero attached hydrogens (tertiary/aromatic N) is 4. The fourth-order valence-corrected chi connectivity index (χ4v) is 5.99. The van der Waals surface area contributed by atoms with Gasteiger partial charge >= 0.3 is 20.4 Å². The quantitative estimate of drug-likeness (QED) is 0.134. The molecule has 6 heteroatoms. The predicted molar refractivity (Wildman–Crippen MR) is 178 cm³/mol. The third kappa shape index (κ3) is 5.61. The predicted octanol–water partition coefficient (Wildman–Crippen LogP) is 9.64. The first-order valence-electron chi connectivity index (χ1n) is 14.9. The Hall–Kier alpha value is -4.50. The van der Waals surface area contributed by atoms with Crippen molar-refractivity contribution in [2.24, 2.45) is 0 Å². The van der Waals surface area contributed by atoms with Crippen LogP contribution in [0.5, 0.6) is 11.5 Å². The van der Waals surface area contributed by atoms with Gasteiger partial charge in [0.1, 0.15) is 5.82 Å². The molecule has 45 heavy (non-hydrogen) atoms. The van der Waals surface area contributed by atoms with Gasteiger partial charge in [0.25, 0.3) is 0 Å². The zero-order chi connectivity index (χ0) is 30.6. The summed E-state index contributed by atoms with van der Waals surface area (Å²) in [6, 6.07) is 38.2. The van der Waals surface area contributed by atoms with Gasteiger partial charge in [-0.1, -0.05) is 68.8 Å². The molecule has 0 bridgehead atoms. The Morgan fingerprint density at radius 1 is 0.756 bits per heavy atom. The van der Waals surface area contributed by atoms with E-state index in [4.69, 9.17) is 9.84 Å². The molecule has 0 amide bonds. The van der Waals surface area contributed by atoms with E-state index in [1.807, 2.05) is 41.2 Å². The molecule has 0 saturated carbocycles. The van der Waals surface area contributed by atoms with Gasteiger partial charge in [0, 0.05) is 34.5 Å². The van der Waals surface area contributed by atoms with E-state index in [0.717, 1.165) is 55.8 Å². The van der Waals surface area contributed by atoms with E-state index in [2.05, 4.69) is 124 Å². The van der Waals surface area contributed by atoms with Gasteiger partial charge in [-0.25, -0.2) is 4.98 Å². The summed E-state index contributed by atoms with van der Waals surface area (Å²) in [5.41, 5.74) is 9.69. The van der Waals surface area contributed by atoms with Crippen molar-refractivity contribution in [3.63, 3.8) is 0 Å². The van der Waals surface area contributed by atoms with E-state index in [1.54, 1.807) is 0 Å². The summed E-state index contributed by atoms with van der Waals surface area (Å²) in [7, 11) is 0. The number of rotatable bonds is 5. The van der Waals surface area contributed by atoms with Gasteiger partial charge in [-0.3, -0.25) is 4.68 Å². The summed E-state index contributed by atoms with van der Waals surface area (Å²) in [5, 5.41) is 7.17. The normalized spacial score (nSPS) is 11.6. The van der Waals surface area contributed by atoms with Gasteiger partial charge in [0.15, 0.2) is 0 Å². The van der Waals surface area contributed by atoms with Gasteiger partial charge < -0.3 is 9.30 Å². The maximum absolute atomic E-state index is 6.39. The first-order valence-corrected chi connectivity index (χ1v) is 14.9. The van der Waals surface area contributed by atoms with Crippen LogP contribution in [-0.4, -0.2) is 19.3 Å². The van der Waals surface area contributed by atoms with Crippen LogP contribution in [0.3, 0.4) is 0 Å². The molecule has 4 aromatic carbocycles. The Balaban J connectivity index is 0.00000357. The second kappa shape index (κ2) is 11.8. The van der Waals surface area contributed by atoms with E-state index >= 15 is 0 Å². The van der Waals surface area contributed by atoms with E-state index in [9.17, 15) is 0 Å². The molecule has 0 fully saturated rings. The van der Waals surface area contributed by atoms with Crippen LogP contribution < -0.4 is 4.74 Å². The average Bonchev–Trinajstić information content (AvgIpc) is 3.49. The third-order valence-corrected chi connectivity index (χ3v) is 8.20. The molecule has 3 aromatic heterocycles. The van der Waals surface area contributed by atoms with E-state index in [-0.39, 0.29) is 25.8 Å². The molecule has 0 radical (unpaired) electrons. The molecule has 0 spiro atoms. The third-order valence-electron chi connectivity index (χ3n) is 8.20. The van der Waals surface area contributed by atoms with Crippen LogP contribution >= 0.6 is 0 Å². The van der Waals surface area contributed by atoms with Crippen molar-refractivity contribution in [1.29, 1.82) is 0 Å². The van der Waals surface area contributed by atoms with Crippen molar-refractivity contribution in [2.45, 2.75) is 47.0 Å². The Morgan fingerprint density at radius 3 is 2.33 bits per heavy atom. The number of para-hydroxylation sites is 1. The summed E-state index contributed by atoms with van der Waals surface area (Å²) in [4.78, 5) is 4.68. The summed E-state index contributed by atoms with van der Waals surface area (Å²) >= 11 is 0. The zero-order valence-corrected chi connectivity index (χ0v) is 27.8. The number of aryl methyl sites for hydroxylation is 2. The van der Waals surface area contributed by atoms with Gasteiger partial charge in [-0.2, -0.15) is 17.2 Å². The van der Waals surface area contributed by atoms with Gasteiger partial charge in [0.2, 0.25) is 0 Å². The first kappa shape index (κ1) is 30.5. The minimum absolute atomic E-state index is 0. The number of ether oxygens (including phenoxy) is 1. The minimum Gasteiger partial charge on any atom is -0.509 e. The fourth-order valence-electron chi connectivity index (χ4n) is 5.99. The summed E-state index contributed by atoms with van der Waals surface area (Å²) in [6.45, 7) is 13.0. The van der Waals surface area contributed by atoms with Crippen LogP contribution in [0.1, 0.15) is 43.3 Å². The molecule has 7 aromatic rings. The van der Waals surface area contributed by atoms with E-state index in [1.165, 1.54) is 11.1 Å². The average molecular weight is 681 g/mol. The van der Waals surface area contributed by atoms with Crippen molar-refractivity contribution < 1.29 is 25.2 Å². The second-order valence-electron chi connectivity index (χ2n) is 12.4. The zero-order valence-electron chi connectivity index (χ0n) is 26.3. The Labute approximate surface area is 278 Å². The van der Waals surface area contributed by atoms with Crippen LogP contribution in [0, 0.1) is 32.9 Å².